The Bertz CT molecular complexity index is 313. The zero-order chi connectivity index (χ0) is 16.5. The van der Waals surface area contributed by atoms with Gasteiger partial charge in [0.2, 0.25) is 0 Å². The quantitative estimate of drug-likeness (QED) is 0.473. The third kappa shape index (κ3) is 7.65. The molecule has 0 amide bonds. The maximum absolute atomic E-state index is 6.19. The third-order valence-electron chi connectivity index (χ3n) is 3.87. The van der Waals surface area contributed by atoms with Crippen molar-refractivity contribution in [2.24, 2.45) is 20.5 Å². The van der Waals surface area contributed by atoms with E-state index in [2.05, 4.69) is 62.0 Å². The number of hydrogen-bond donors (Lipinski definition) is 0. The third-order valence-corrected chi connectivity index (χ3v) is 3.87. The van der Waals surface area contributed by atoms with Gasteiger partial charge in [-0.1, -0.05) is 27.7 Å². The molecule has 0 aromatic carbocycles. The molecule has 124 valence electrons. The monoisotopic (exact) mass is 298 g/mol. The first-order valence-electron chi connectivity index (χ1n) is 8.28. The highest BCUT2D eigenvalue weighted by atomic mass is 16.5. The van der Waals surface area contributed by atoms with Crippen LogP contribution in [-0.4, -0.2) is 23.5 Å². The summed E-state index contributed by atoms with van der Waals surface area (Å²) < 4.78 is 6.19. The van der Waals surface area contributed by atoms with Crippen LogP contribution in [0.2, 0.25) is 0 Å². The fraction of sp³-hybridized carbons (Fsp3) is 1.00. The summed E-state index contributed by atoms with van der Waals surface area (Å²) in [4.78, 5) is 0. The van der Waals surface area contributed by atoms with Crippen molar-refractivity contribution in [1.82, 2.24) is 0 Å². The van der Waals surface area contributed by atoms with Crippen LogP contribution in [0.25, 0.3) is 0 Å². The van der Waals surface area contributed by atoms with E-state index < -0.39 is 11.4 Å². The molecule has 21 heavy (non-hydrogen) atoms. The SMILES string of the molecule is CCC(C)N=NC(C)(CC)OC(C)(CC)N=NC(C)CC. The topological polar surface area (TPSA) is 58.7 Å². The zero-order valence-electron chi connectivity index (χ0n) is 15.2. The van der Waals surface area contributed by atoms with Crippen LogP contribution in [0.3, 0.4) is 0 Å². The fourth-order valence-electron chi connectivity index (χ4n) is 1.40. The Kier molecular flexibility index (Phi) is 8.86. The lowest BCUT2D eigenvalue weighted by molar-refractivity contribution is -0.142. The molecule has 0 N–H and O–H groups in total. The van der Waals surface area contributed by atoms with Crippen molar-refractivity contribution in [2.45, 2.75) is 105 Å². The molecule has 0 saturated carbocycles. The van der Waals surface area contributed by atoms with E-state index in [1.165, 1.54) is 0 Å². The molecule has 0 saturated heterocycles. The Hall–Kier alpha value is -0.840. The average molecular weight is 298 g/mol. The molecule has 4 atom stereocenters. The van der Waals surface area contributed by atoms with Crippen molar-refractivity contribution in [3.05, 3.63) is 0 Å². The number of ether oxygens (including phenoxy) is 1. The number of azo groups is 2. The molecule has 0 aliphatic rings. The zero-order valence-corrected chi connectivity index (χ0v) is 15.2. The van der Waals surface area contributed by atoms with Crippen LogP contribution in [0, 0.1) is 0 Å². The van der Waals surface area contributed by atoms with Gasteiger partial charge in [-0.2, -0.15) is 20.5 Å². The summed E-state index contributed by atoms with van der Waals surface area (Å²) >= 11 is 0. The maximum Gasteiger partial charge on any atom is 0.178 e. The first-order chi connectivity index (χ1) is 9.74. The molecular formula is C16H34N4O. The van der Waals surface area contributed by atoms with Gasteiger partial charge in [0.15, 0.2) is 11.4 Å². The van der Waals surface area contributed by atoms with Gasteiger partial charge < -0.3 is 4.74 Å². The fourth-order valence-corrected chi connectivity index (χ4v) is 1.40. The molecule has 0 spiro atoms. The van der Waals surface area contributed by atoms with Gasteiger partial charge in [-0.05, 0) is 53.4 Å². The maximum atomic E-state index is 6.19. The van der Waals surface area contributed by atoms with Crippen molar-refractivity contribution in [1.29, 1.82) is 0 Å². The number of hydrogen-bond acceptors (Lipinski definition) is 5. The number of nitrogens with zero attached hydrogens (tertiary/aromatic N) is 4. The van der Waals surface area contributed by atoms with Crippen LogP contribution >= 0.6 is 0 Å². The average Bonchev–Trinajstić information content (AvgIpc) is 2.50. The lowest BCUT2D eigenvalue weighted by atomic mass is 10.1. The minimum absolute atomic E-state index is 0.217. The Morgan fingerprint density at radius 1 is 0.762 bits per heavy atom. The lowest BCUT2D eigenvalue weighted by Crippen LogP contribution is -2.38. The smallest absolute Gasteiger partial charge is 0.178 e. The number of rotatable bonds is 10. The summed E-state index contributed by atoms with van der Waals surface area (Å²) in [7, 11) is 0. The molecule has 5 heteroatoms. The molecule has 0 aliphatic heterocycles. The van der Waals surface area contributed by atoms with Gasteiger partial charge in [-0.15, -0.1) is 0 Å². The van der Waals surface area contributed by atoms with E-state index in [0.717, 1.165) is 25.7 Å². The Morgan fingerprint density at radius 2 is 1.10 bits per heavy atom. The largest absolute Gasteiger partial charge is 0.323 e. The summed E-state index contributed by atoms with van der Waals surface area (Å²) in [5.41, 5.74) is -1.30. The van der Waals surface area contributed by atoms with Crippen molar-refractivity contribution in [3.8, 4) is 0 Å². The van der Waals surface area contributed by atoms with Crippen molar-refractivity contribution in [2.75, 3.05) is 0 Å². The normalized spacial score (nSPS) is 21.3. The molecule has 0 rings (SSSR count). The first kappa shape index (κ1) is 20.2. The molecule has 0 bridgehead atoms. The van der Waals surface area contributed by atoms with Crippen LogP contribution in [0.4, 0.5) is 0 Å². The van der Waals surface area contributed by atoms with Gasteiger partial charge in [0.05, 0.1) is 12.1 Å². The summed E-state index contributed by atoms with van der Waals surface area (Å²) in [6, 6.07) is 0.434. The van der Waals surface area contributed by atoms with Gasteiger partial charge in [-0.3, -0.25) is 0 Å². The van der Waals surface area contributed by atoms with Gasteiger partial charge in [0.1, 0.15) is 0 Å². The van der Waals surface area contributed by atoms with E-state index in [0.29, 0.717) is 0 Å². The Balaban J connectivity index is 5.03. The molecule has 0 aliphatic carbocycles. The van der Waals surface area contributed by atoms with E-state index in [9.17, 15) is 0 Å². The van der Waals surface area contributed by atoms with Crippen molar-refractivity contribution < 1.29 is 4.74 Å². The van der Waals surface area contributed by atoms with E-state index >= 15 is 0 Å². The molecule has 0 radical (unpaired) electrons. The second-order valence-electron chi connectivity index (χ2n) is 6.10. The van der Waals surface area contributed by atoms with Crippen LogP contribution in [-0.2, 0) is 4.74 Å². The van der Waals surface area contributed by atoms with E-state index in [1.54, 1.807) is 0 Å². The van der Waals surface area contributed by atoms with Crippen molar-refractivity contribution >= 4 is 0 Å². The summed E-state index contributed by atoms with van der Waals surface area (Å²) in [6.45, 7) is 16.4. The highest BCUT2D eigenvalue weighted by Gasteiger charge is 2.34. The van der Waals surface area contributed by atoms with E-state index in [1.807, 2.05) is 13.8 Å². The summed E-state index contributed by atoms with van der Waals surface area (Å²) in [5.74, 6) is 0. The highest BCUT2D eigenvalue weighted by Crippen LogP contribution is 2.29. The lowest BCUT2D eigenvalue weighted by Gasteiger charge is -2.33. The summed E-state index contributed by atoms with van der Waals surface area (Å²) in [6.07, 6.45) is 3.45. The van der Waals surface area contributed by atoms with Crippen LogP contribution in [0.15, 0.2) is 20.5 Å². The molecule has 0 fully saturated rings. The van der Waals surface area contributed by atoms with Crippen molar-refractivity contribution in [3.63, 3.8) is 0 Å². The van der Waals surface area contributed by atoms with Gasteiger partial charge in [0, 0.05) is 0 Å². The molecule has 0 heterocycles. The molecule has 0 aromatic rings. The van der Waals surface area contributed by atoms with Gasteiger partial charge >= 0.3 is 0 Å². The van der Waals surface area contributed by atoms with Gasteiger partial charge in [-0.25, -0.2) is 0 Å². The second-order valence-corrected chi connectivity index (χ2v) is 6.10. The molecule has 5 nitrogen and oxygen atoms in total. The minimum Gasteiger partial charge on any atom is -0.323 e. The van der Waals surface area contributed by atoms with Crippen LogP contribution < -0.4 is 0 Å². The first-order valence-corrected chi connectivity index (χ1v) is 8.28. The van der Waals surface area contributed by atoms with Crippen LogP contribution in [0.1, 0.15) is 81.1 Å². The Morgan fingerprint density at radius 3 is 1.33 bits per heavy atom. The standard InChI is InChI=1S/C16H34N4O/c1-9-13(5)17-19-15(7,11-3)21-16(8,12-4)20-18-14(6)10-2/h13-14H,9-12H2,1-8H3. The highest BCUT2D eigenvalue weighted by molar-refractivity contribution is 4.78. The molecule has 4 unspecified atom stereocenters. The molecular weight excluding hydrogens is 264 g/mol. The van der Waals surface area contributed by atoms with E-state index in [-0.39, 0.29) is 12.1 Å². The second kappa shape index (κ2) is 9.23. The van der Waals surface area contributed by atoms with Crippen LogP contribution in [0.5, 0.6) is 0 Å². The minimum atomic E-state index is -0.650. The summed E-state index contributed by atoms with van der Waals surface area (Å²) in [5, 5.41) is 17.5. The van der Waals surface area contributed by atoms with E-state index in [4.69, 9.17) is 4.74 Å². The predicted octanol–water partition coefficient (Wildman–Crippen LogP) is 5.76. The predicted molar refractivity (Wildman–Crippen MR) is 87.7 cm³/mol. The van der Waals surface area contributed by atoms with Gasteiger partial charge in [0.25, 0.3) is 0 Å². The Labute approximate surface area is 130 Å². The molecule has 0 aromatic heterocycles.